The number of nitrogens with zero attached hydrogens (tertiary/aromatic N) is 1. The van der Waals surface area contributed by atoms with E-state index in [2.05, 4.69) is 64.6 Å². The number of benzene rings is 2. The molecular weight excluding hydrogens is 422 g/mol. The largest absolute Gasteiger partial charge is 0.452 e. The van der Waals surface area contributed by atoms with Crippen LogP contribution in [0.4, 0.5) is 0 Å². The zero-order valence-electron chi connectivity index (χ0n) is 17.4. The Morgan fingerprint density at radius 2 is 1.71 bits per heavy atom. The quantitative estimate of drug-likeness (QED) is 0.191. The van der Waals surface area contributed by atoms with Gasteiger partial charge in [-0.1, -0.05) is 70.3 Å². The summed E-state index contributed by atoms with van der Waals surface area (Å²) in [6, 6.07) is 16.7. The molecule has 31 heavy (non-hydrogen) atoms. The second-order valence-electron chi connectivity index (χ2n) is 7.46. The first-order chi connectivity index (χ1) is 15.3. The van der Waals surface area contributed by atoms with Gasteiger partial charge in [0, 0.05) is 39.2 Å². The molecule has 2 aromatic carbocycles. The van der Waals surface area contributed by atoms with Gasteiger partial charge in [0.2, 0.25) is 0 Å². The number of esters is 1. The zero-order valence-corrected chi connectivity index (χ0v) is 19.1. The highest BCUT2D eigenvalue weighted by atomic mass is 33.1. The van der Waals surface area contributed by atoms with Gasteiger partial charge in [0.15, 0.2) is 6.61 Å². The maximum atomic E-state index is 11.8. The molecule has 1 saturated heterocycles. The van der Waals surface area contributed by atoms with Crippen molar-refractivity contribution < 1.29 is 9.53 Å². The molecule has 0 aliphatic carbocycles. The van der Waals surface area contributed by atoms with Crippen LogP contribution < -0.4 is 0 Å². The lowest BCUT2D eigenvalue weighted by Crippen LogP contribution is -2.05. The van der Waals surface area contributed by atoms with Crippen molar-refractivity contribution in [1.29, 1.82) is 0 Å². The third-order valence-corrected chi connectivity index (χ3v) is 8.35. The Balaban J connectivity index is 1.23. The molecule has 1 aliphatic rings. The third kappa shape index (κ3) is 5.82. The number of hydrogen-bond donors (Lipinski definition) is 0. The molecule has 3 nitrogen and oxygen atoms in total. The molecule has 5 heteroatoms. The monoisotopic (exact) mass is 447 g/mol. The van der Waals surface area contributed by atoms with Gasteiger partial charge in [-0.3, -0.25) is 4.79 Å². The number of aromatic nitrogens is 1. The van der Waals surface area contributed by atoms with Crippen molar-refractivity contribution in [2.24, 2.45) is 0 Å². The third-order valence-electron chi connectivity index (χ3n) is 5.35. The van der Waals surface area contributed by atoms with Crippen molar-refractivity contribution in [1.82, 2.24) is 4.57 Å². The second kappa shape index (κ2) is 11.2. The Bertz CT molecular complexity index is 1120. The van der Waals surface area contributed by atoms with E-state index < -0.39 is 0 Å². The van der Waals surface area contributed by atoms with Crippen LogP contribution in [-0.2, 0) is 16.1 Å². The highest BCUT2D eigenvalue weighted by Gasteiger charge is 2.15. The molecule has 1 aromatic heterocycles. The summed E-state index contributed by atoms with van der Waals surface area (Å²) in [5, 5.41) is 3.24. The molecular formula is C26H25NO2S2. The molecule has 3 aromatic rings. The van der Waals surface area contributed by atoms with E-state index in [1.165, 1.54) is 40.4 Å². The molecule has 158 valence electrons. The molecule has 0 amide bonds. The standard InChI is InChI=1S/C26H25NO2S2/c28-26(16-8-3-11-21-17-20-30-31-21)29-19-10-2-1-9-18-27-24-14-6-4-12-22(24)23-13-5-7-15-25(23)27/h4-7,12-15,21H,3,8,11,16-20H2. The van der Waals surface area contributed by atoms with Gasteiger partial charge in [0.05, 0.1) is 6.54 Å². The first kappa shape index (κ1) is 21.8. The lowest BCUT2D eigenvalue weighted by Gasteiger charge is -2.06. The van der Waals surface area contributed by atoms with Gasteiger partial charge < -0.3 is 9.30 Å². The second-order valence-corrected chi connectivity index (χ2v) is 10.2. The van der Waals surface area contributed by atoms with Crippen LogP contribution in [-0.4, -0.2) is 28.1 Å². The molecule has 0 saturated carbocycles. The molecule has 1 fully saturated rings. The number of rotatable bonds is 7. The van der Waals surface area contributed by atoms with E-state index in [1.807, 2.05) is 33.7 Å². The van der Waals surface area contributed by atoms with Crippen LogP contribution in [0.2, 0.25) is 0 Å². The van der Waals surface area contributed by atoms with E-state index in [9.17, 15) is 4.79 Å². The minimum absolute atomic E-state index is 0.109. The molecule has 0 spiro atoms. The molecule has 2 heterocycles. The fourth-order valence-corrected chi connectivity index (χ4v) is 6.84. The van der Waals surface area contributed by atoms with E-state index >= 15 is 0 Å². The molecule has 0 bridgehead atoms. The number of carbonyl (C=O) groups is 1. The van der Waals surface area contributed by atoms with E-state index in [0.29, 0.717) is 13.0 Å². The number of para-hydroxylation sites is 2. The van der Waals surface area contributed by atoms with E-state index in [1.54, 1.807) is 0 Å². The summed E-state index contributed by atoms with van der Waals surface area (Å²) in [6.07, 6.45) is 4.96. The molecule has 1 atom stereocenters. The van der Waals surface area contributed by atoms with Crippen molar-refractivity contribution in [3.8, 4) is 23.7 Å². The molecule has 1 aliphatic heterocycles. The number of carbonyl (C=O) groups excluding carboxylic acids is 1. The number of fused-ring (bicyclic) bond motifs is 3. The van der Waals surface area contributed by atoms with Gasteiger partial charge in [-0.2, -0.15) is 0 Å². The van der Waals surface area contributed by atoms with Crippen LogP contribution >= 0.6 is 21.6 Å². The van der Waals surface area contributed by atoms with Crippen molar-refractivity contribution in [2.45, 2.75) is 43.9 Å². The van der Waals surface area contributed by atoms with Crippen LogP contribution in [0.1, 0.15) is 32.1 Å². The van der Waals surface area contributed by atoms with E-state index in [0.717, 1.165) is 18.1 Å². The van der Waals surface area contributed by atoms with Gasteiger partial charge in [-0.25, -0.2) is 0 Å². The Kier molecular flexibility index (Phi) is 7.88. The lowest BCUT2D eigenvalue weighted by molar-refractivity contribution is -0.142. The Morgan fingerprint density at radius 3 is 2.42 bits per heavy atom. The van der Waals surface area contributed by atoms with Crippen LogP contribution in [0.3, 0.4) is 0 Å². The fraction of sp³-hybridized carbons (Fsp3) is 0.346. The van der Waals surface area contributed by atoms with Crippen LogP contribution in [0.25, 0.3) is 21.8 Å². The summed E-state index contributed by atoms with van der Waals surface area (Å²) >= 11 is 0. The van der Waals surface area contributed by atoms with Gasteiger partial charge >= 0.3 is 5.97 Å². The van der Waals surface area contributed by atoms with Crippen LogP contribution in [0.5, 0.6) is 0 Å². The average molecular weight is 448 g/mol. The molecule has 0 radical (unpaired) electrons. The Hall–Kier alpha value is -2.47. The van der Waals surface area contributed by atoms with Crippen LogP contribution in [0, 0.1) is 23.7 Å². The normalized spacial score (nSPS) is 15.3. The summed E-state index contributed by atoms with van der Waals surface area (Å²) in [6.45, 7) is 0.679. The summed E-state index contributed by atoms with van der Waals surface area (Å²) in [4.78, 5) is 11.8. The van der Waals surface area contributed by atoms with Gasteiger partial charge in [-0.05, 0) is 49.2 Å². The smallest absolute Gasteiger partial charge is 0.306 e. The van der Waals surface area contributed by atoms with Gasteiger partial charge in [-0.15, -0.1) is 0 Å². The Labute approximate surface area is 191 Å². The predicted octanol–water partition coefficient (Wildman–Crippen LogP) is 6.06. The van der Waals surface area contributed by atoms with Crippen molar-refractivity contribution in [2.75, 3.05) is 12.4 Å². The van der Waals surface area contributed by atoms with Gasteiger partial charge in [0.25, 0.3) is 0 Å². The molecule has 0 N–H and O–H groups in total. The first-order valence-electron chi connectivity index (χ1n) is 10.7. The topological polar surface area (TPSA) is 31.2 Å². The van der Waals surface area contributed by atoms with Crippen molar-refractivity contribution >= 4 is 49.4 Å². The lowest BCUT2D eigenvalue weighted by atomic mass is 10.1. The predicted molar refractivity (Wildman–Crippen MR) is 133 cm³/mol. The number of hydrogen-bond acceptors (Lipinski definition) is 4. The van der Waals surface area contributed by atoms with E-state index in [4.69, 9.17) is 4.74 Å². The van der Waals surface area contributed by atoms with Gasteiger partial charge in [0.1, 0.15) is 0 Å². The first-order valence-corrected chi connectivity index (χ1v) is 13.1. The molecule has 4 rings (SSSR count). The maximum Gasteiger partial charge on any atom is 0.306 e. The number of ether oxygens (including phenoxy) is 1. The highest BCUT2D eigenvalue weighted by Crippen LogP contribution is 2.39. The fourth-order valence-electron chi connectivity index (χ4n) is 3.81. The molecule has 1 unspecified atom stereocenters. The average Bonchev–Trinajstić information content (AvgIpc) is 3.43. The SMILES string of the molecule is O=C(CCCCC1CCSS1)OCC#CC#CCn1c2ccccc2c2ccccc21. The summed E-state index contributed by atoms with van der Waals surface area (Å²) in [7, 11) is 3.96. The minimum atomic E-state index is -0.166. The summed E-state index contributed by atoms with van der Waals surface area (Å²) in [5.74, 6) is 12.7. The highest BCUT2D eigenvalue weighted by molar-refractivity contribution is 8.77. The summed E-state index contributed by atoms with van der Waals surface area (Å²) in [5.41, 5.74) is 2.34. The maximum absolute atomic E-state index is 11.8. The van der Waals surface area contributed by atoms with Crippen LogP contribution in [0.15, 0.2) is 48.5 Å². The number of unbranched alkanes of at least 4 members (excludes halogenated alkanes) is 1. The van der Waals surface area contributed by atoms with Crippen molar-refractivity contribution in [3.05, 3.63) is 48.5 Å². The minimum Gasteiger partial charge on any atom is -0.452 e. The summed E-state index contributed by atoms with van der Waals surface area (Å²) < 4.78 is 7.40. The Morgan fingerprint density at radius 1 is 1.00 bits per heavy atom. The van der Waals surface area contributed by atoms with Crippen molar-refractivity contribution in [3.63, 3.8) is 0 Å². The zero-order chi connectivity index (χ0) is 21.3. The van der Waals surface area contributed by atoms with E-state index in [-0.39, 0.29) is 12.6 Å².